The van der Waals surface area contributed by atoms with Crippen molar-refractivity contribution in [2.45, 2.75) is 18.2 Å². The van der Waals surface area contributed by atoms with E-state index in [-0.39, 0.29) is 16.9 Å². The van der Waals surface area contributed by atoms with E-state index in [1.165, 1.54) is 19.2 Å². The van der Waals surface area contributed by atoms with Gasteiger partial charge in [0.1, 0.15) is 11.3 Å². The minimum Gasteiger partial charge on any atom is -0.476 e. The molecule has 2 aromatic carbocycles. The summed E-state index contributed by atoms with van der Waals surface area (Å²) < 4.78 is 54.5. The van der Waals surface area contributed by atoms with Gasteiger partial charge in [-0.3, -0.25) is 0 Å². The van der Waals surface area contributed by atoms with Gasteiger partial charge in [0.25, 0.3) is 0 Å². The van der Waals surface area contributed by atoms with E-state index < -0.39 is 35.4 Å². The Labute approximate surface area is 156 Å². The SMILES string of the molecule is COC(=O)[C@H]1Oc2c(c(=O)oc3ccccc23)[C@@H]1c1ccc(C(F)(F)F)cc1. The Bertz CT molecular complexity index is 1120. The maximum Gasteiger partial charge on any atom is 0.416 e. The van der Waals surface area contributed by atoms with Gasteiger partial charge in [-0.1, -0.05) is 24.3 Å². The molecule has 0 saturated heterocycles. The number of benzene rings is 2. The molecule has 0 unspecified atom stereocenters. The van der Waals surface area contributed by atoms with Gasteiger partial charge < -0.3 is 13.9 Å². The fourth-order valence-electron chi connectivity index (χ4n) is 3.40. The number of carbonyl (C=O) groups is 1. The Morgan fingerprint density at radius 1 is 1.07 bits per heavy atom. The largest absolute Gasteiger partial charge is 0.476 e. The molecule has 0 amide bonds. The van der Waals surface area contributed by atoms with E-state index in [9.17, 15) is 22.8 Å². The van der Waals surface area contributed by atoms with Gasteiger partial charge in [-0.15, -0.1) is 0 Å². The molecule has 0 saturated carbocycles. The maximum absolute atomic E-state index is 12.9. The molecule has 1 aliphatic heterocycles. The predicted molar refractivity (Wildman–Crippen MR) is 92.2 cm³/mol. The number of esters is 1. The fourth-order valence-corrected chi connectivity index (χ4v) is 3.40. The van der Waals surface area contributed by atoms with E-state index in [2.05, 4.69) is 0 Å². The third-order valence-corrected chi connectivity index (χ3v) is 4.69. The number of fused-ring (bicyclic) bond motifs is 3. The second-order valence-corrected chi connectivity index (χ2v) is 6.29. The van der Waals surface area contributed by atoms with Crippen molar-refractivity contribution in [1.82, 2.24) is 0 Å². The van der Waals surface area contributed by atoms with Gasteiger partial charge in [0.05, 0.1) is 29.5 Å². The predicted octanol–water partition coefficient (Wildman–Crippen LogP) is 3.88. The number of para-hydroxylation sites is 1. The molecule has 2 atom stereocenters. The van der Waals surface area contributed by atoms with Gasteiger partial charge in [-0.2, -0.15) is 13.2 Å². The highest BCUT2D eigenvalue weighted by Gasteiger charge is 2.45. The highest BCUT2D eigenvalue weighted by atomic mass is 19.4. The molecule has 0 radical (unpaired) electrons. The minimum atomic E-state index is -4.50. The van der Waals surface area contributed by atoms with Crippen molar-refractivity contribution in [3.8, 4) is 5.75 Å². The third kappa shape index (κ3) is 2.81. The van der Waals surface area contributed by atoms with Gasteiger partial charge in [-0.25, -0.2) is 9.59 Å². The summed E-state index contributed by atoms with van der Waals surface area (Å²) in [4.78, 5) is 24.9. The Kier molecular flexibility index (Phi) is 4.14. The second-order valence-electron chi connectivity index (χ2n) is 6.29. The second kappa shape index (κ2) is 6.40. The van der Waals surface area contributed by atoms with Crippen LogP contribution in [0.5, 0.6) is 5.75 Å². The normalized spacial score (nSPS) is 18.6. The number of hydrogen-bond acceptors (Lipinski definition) is 5. The first kappa shape index (κ1) is 18.1. The van der Waals surface area contributed by atoms with Gasteiger partial charge in [0, 0.05) is 0 Å². The van der Waals surface area contributed by atoms with Crippen molar-refractivity contribution in [3.05, 3.63) is 75.6 Å². The lowest BCUT2D eigenvalue weighted by atomic mass is 9.88. The minimum absolute atomic E-state index is 0.0776. The molecule has 1 aliphatic rings. The van der Waals surface area contributed by atoms with Crippen LogP contribution in [-0.2, 0) is 15.7 Å². The molecule has 1 aromatic heterocycles. The first-order chi connectivity index (χ1) is 13.3. The average molecular weight is 390 g/mol. The number of methoxy groups -OCH3 is 1. The molecule has 0 spiro atoms. The van der Waals surface area contributed by atoms with Crippen LogP contribution in [0.15, 0.2) is 57.7 Å². The van der Waals surface area contributed by atoms with E-state index in [1.54, 1.807) is 24.3 Å². The quantitative estimate of drug-likeness (QED) is 0.491. The van der Waals surface area contributed by atoms with Crippen molar-refractivity contribution >= 4 is 16.9 Å². The van der Waals surface area contributed by atoms with Gasteiger partial charge in [0.15, 0.2) is 0 Å². The van der Waals surface area contributed by atoms with Crippen molar-refractivity contribution in [2.24, 2.45) is 0 Å². The summed E-state index contributed by atoms with van der Waals surface area (Å²) in [6.45, 7) is 0. The van der Waals surface area contributed by atoms with Crippen LogP contribution in [-0.4, -0.2) is 19.2 Å². The number of alkyl halides is 3. The number of rotatable bonds is 2. The monoisotopic (exact) mass is 390 g/mol. The molecule has 8 heteroatoms. The summed E-state index contributed by atoms with van der Waals surface area (Å²) in [5.74, 6) is -1.53. The van der Waals surface area contributed by atoms with Crippen molar-refractivity contribution in [2.75, 3.05) is 7.11 Å². The topological polar surface area (TPSA) is 65.7 Å². The van der Waals surface area contributed by atoms with Crippen LogP contribution < -0.4 is 10.4 Å². The van der Waals surface area contributed by atoms with E-state index in [1.807, 2.05) is 0 Å². The van der Waals surface area contributed by atoms with Gasteiger partial charge in [-0.05, 0) is 29.8 Å². The molecule has 0 bridgehead atoms. The first-order valence-corrected chi connectivity index (χ1v) is 8.28. The summed E-state index contributed by atoms with van der Waals surface area (Å²) in [5.41, 5.74) is -0.887. The lowest BCUT2D eigenvalue weighted by Gasteiger charge is -2.17. The Hall–Kier alpha value is -3.29. The molecular formula is C20H13F3O5. The molecule has 28 heavy (non-hydrogen) atoms. The van der Waals surface area contributed by atoms with E-state index in [0.717, 1.165) is 12.1 Å². The van der Waals surface area contributed by atoms with Crippen LogP contribution in [0.3, 0.4) is 0 Å². The third-order valence-electron chi connectivity index (χ3n) is 4.69. The van der Waals surface area contributed by atoms with Crippen molar-refractivity contribution in [3.63, 3.8) is 0 Å². The summed E-state index contributed by atoms with van der Waals surface area (Å²) >= 11 is 0. The highest BCUT2D eigenvalue weighted by Crippen LogP contribution is 2.45. The molecular weight excluding hydrogens is 377 g/mol. The van der Waals surface area contributed by atoms with Crippen molar-refractivity contribution < 1.29 is 31.9 Å². The van der Waals surface area contributed by atoms with Crippen LogP contribution in [0, 0.1) is 0 Å². The Morgan fingerprint density at radius 2 is 1.75 bits per heavy atom. The Balaban J connectivity index is 1.91. The molecule has 2 heterocycles. The number of ether oxygens (including phenoxy) is 2. The fraction of sp³-hybridized carbons (Fsp3) is 0.200. The molecule has 0 N–H and O–H groups in total. The summed E-state index contributed by atoms with van der Waals surface area (Å²) in [6.07, 6.45) is -5.72. The van der Waals surface area contributed by atoms with Gasteiger partial charge >= 0.3 is 17.8 Å². The van der Waals surface area contributed by atoms with E-state index >= 15 is 0 Å². The molecule has 5 nitrogen and oxygen atoms in total. The molecule has 4 rings (SSSR count). The summed E-state index contributed by atoms with van der Waals surface area (Å²) in [5, 5.41) is 0.486. The lowest BCUT2D eigenvalue weighted by Crippen LogP contribution is -2.31. The first-order valence-electron chi connectivity index (χ1n) is 8.28. The highest BCUT2D eigenvalue weighted by molar-refractivity contribution is 5.88. The number of carbonyl (C=O) groups excluding carboxylic acids is 1. The summed E-state index contributed by atoms with van der Waals surface area (Å²) in [6, 6.07) is 10.9. The zero-order valence-corrected chi connectivity index (χ0v) is 14.4. The zero-order chi connectivity index (χ0) is 20.1. The van der Waals surface area contributed by atoms with Crippen LogP contribution in [0.2, 0.25) is 0 Å². The van der Waals surface area contributed by atoms with E-state index in [4.69, 9.17) is 13.9 Å². The zero-order valence-electron chi connectivity index (χ0n) is 14.4. The summed E-state index contributed by atoms with van der Waals surface area (Å²) in [7, 11) is 1.17. The molecule has 3 aromatic rings. The van der Waals surface area contributed by atoms with Crippen molar-refractivity contribution in [1.29, 1.82) is 0 Å². The van der Waals surface area contributed by atoms with E-state index in [0.29, 0.717) is 10.9 Å². The number of halogens is 3. The standard InChI is InChI=1S/C20H13F3O5/c1-26-19(25)17-14(10-6-8-11(9-7-10)20(21,22)23)15-16(28-17)12-4-2-3-5-13(12)27-18(15)24/h2-9,14,17H,1H3/t14-,17-/m0/s1. The van der Waals surface area contributed by atoms with Crippen LogP contribution in [0.25, 0.3) is 11.0 Å². The van der Waals surface area contributed by atoms with Crippen LogP contribution in [0.4, 0.5) is 13.2 Å². The lowest BCUT2D eigenvalue weighted by molar-refractivity contribution is -0.148. The average Bonchev–Trinajstić information content (AvgIpc) is 3.08. The Morgan fingerprint density at radius 3 is 2.39 bits per heavy atom. The maximum atomic E-state index is 12.9. The molecule has 0 aliphatic carbocycles. The van der Waals surface area contributed by atoms with Crippen LogP contribution >= 0.6 is 0 Å². The van der Waals surface area contributed by atoms with Gasteiger partial charge in [0.2, 0.25) is 6.10 Å². The molecule has 0 fully saturated rings. The molecule has 144 valence electrons. The number of hydrogen-bond donors (Lipinski definition) is 0. The smallest absolute Gasteiger partial charge is 0.416 e. The van der Waals surface area contributed by atoms with Crippen LogP contribution in [0.1, 0.15) is 22.6 Å².